The van der Waals surface area contributed by atoms with E-state index in [4.69, 9.17) is 9.47 Å². The van der Waals surface area contributed by atoms with Gasteiger partial charge in [0.1, 0.15) is 5.75 Å². The highest BCUT2D eigenvalue weighted by Gasteiger charge is 2.47. The van der Waals surface area contributed by atoms with Gasteiger partial charge in [0, 0.05) is 25.1 Å². The number of carbonyl (C=O) groups excluding carboxylic acids is 1. The van der Waals surface area contributed by atoms with E-state index in [9.17, 15) is 4.79 Å². The fraction of sp³-hybridized carbons (Fsp3) is 0.611. The molecule has 0 bridgehead atoms. The molecule has 1 spiro atoms. The number of para-hydroxylation sites is 1. The molecule has 2 fully saturated rings. The lowest BCUT2D eigenvalue weighted by atomic mass is 9.79. The van der Waals surface area contributed by atoms with Gasteiger partial charge in [-0.25, -0.2) is 0 Å². The third kappa shape index (κ3) is 2.98. The van der Waals surface area contributed by atoms with Crippen LogP contribution in [0.2, 0.25) is 0 Å². The van der Waals surface area contributed by atoms with Crippen LogP contribution in [0.25, 0.3) is 0 Å². The molecule has 1 aromatic rings. The van der Waals surface area contributed by atoms with E-state index in [0.29, 0.717) is 5.92 Å². The first-order valence-corrected chi connectivity index (χ1v) is 8.21. The molecule has 0 saturated carbocycles. The number of likely N-dealkylation sites (tertiary alicyclic amines) is 1. The third-order valence-corrected chi connectivity index (χ3v) is 5.00. The molecule has 1 aromatic carbocycles. The zero-order valence-corrected chi connectivity index (χ0v) is 13.5. The molecule has 1 unspecified atom stereocenters. The Hall–Kier alpha value is -1.55. The molecule has 2 saturated heterocycles. The number of ether oxygens (including phenoxy) is 2. The van der Waals surface area contributed by atoms with Gasteiger partial charge in [0.2, 0.25) is 0 Å². The summed E-state index contributed by atoms with van der Waals surface area (Å²) >= 11 is 0. The van der Waals surface area contributed by atoms with E-state index in [1.807, 2.05) is 23.1 Å². The van der Waals surface area contributed by atoms with Crippen LogP contribution in [0.15, 0.2) is 24.3 Å². The molecular formula is C18H25NO3. The summed E-state index contributed by atoms with van der Waals surface area (Å²) in [5, 5.41) is 0. The van der Waals surface area contributed by atoms with Gasteiger partial charge in [-0.05, 0) is 30.4 Å². The van der Waals surface area contributed by atoms with Crippen LogP contribution in [0.3, 0.4) is 0 Å². The number of rotatable bonds is 5. The molecule has 0 aromatic heterocycles. The molecule has 0 aliphatic carbocycles. The van der Waals surface area contributed by atoms with Gasteiger partial charge in [0.25, 0.3) is 5.91 Å². The Bertz CT molecular complexity index is 529. The van der Waals surface area contributed by atoms with Crippen LogP contribution in [0.5, 0.6) is 5.75 Å². The summed E-state index contributed by atoms with van der Waals surface area (Å²) in [5.41, 5.74) is 1.42. The Morgan fingerprint density at radius 2 is 2.18 bits per heavy atom. The zero-order valence-electron chi connectivity index (χ0n) is 13.5. The molecule has 2 heterocycles. The van der Waals surface area contributed by atoms with Crippen molar-refractivity contribution >= 4 is 5.91 Å². The number of hydrogen-bond donors (Lipinski definition) is 0. The molecule has 1 atom stereocenters. The van der Waals surface area contributed by atoms with Gasteiger partial charge < -0.3 is 14.4 Å². The Labute approximate surface area is 132 Å². The number of nitrogens with zero attached hydrogens (tertiary/aromatic N) is 1. The second-order valence-corrected chi connectivity index (χ2v) is 6.69. The quantitative estimate of drug-likeness (QED) is 0.839. The first-order valence-electron chi connectivity index (χ1n) is 8.21. The maximum Gasteiger partial charge on any atom is 0.260 e. The summed E-state index contributed by atoms with van der Waals surface area (Å²) in [6.07, 6.45) is 2.14. The molecule has 2 aliphatic rings. The van der Waals surface area contributed by atoms with Crippen LogP contribution in [0.4, 0.5) is 0 Å². The summed E-state index contributed by atoms with van der Waals surface area (Å²) in [7, 11) is 0. The van der Waals surface area contributed by atoms with Gasteiger partial charge in [-0.2, -0.15) is 0 Å². The van der Waals surface area contributed by atoms with Gasteiger partial charge in [-0.1, -0.05) is 32.0 Å². The van der Waals surface area contributed by atoms with E-state index >= 15 is 0 Å². The van der Waals surface area contributed by atoms with Crippen LogP contribution in [0, 0.1) is 5.41 Å². The third-order valence-electron chi connectivity index (χ3n) is 5.00. The van der Waals surface area contributed by atoms with E-state index in [0.717, 1.165) is 44.9 Å². The fourth-order valence-electron chi connectivity index (χ4n) is 3.31. The molecule has 2 aliphatic heterocycles. The van der Waals surface area contributed by atoms with Gasteiger partial charge in [0.05, 0.1) is 6.61 Å². The van der Waals surface area contributed by atoms with Crippen LogP contribution < -0.4 is 4.74 Å². The zero-order chi connectivity index (χ0) is 15.6. The molecule has 4 nitrogen and oxygen atoms in total. The predicted molar refractivity (Wildman–Crippen MR) is 85.1 cm³/mol. The molecular weight excluding hydrogens is 278 g/mol. The lowest BCUT2D eigenvalue weighted by Crippen LogP contribution is -2.59. The Kier molecular flexibility index (Phi) is 4.39. The number of hydrogen-bond acceptors (Lipinski definition) is 3. The highest BCUT2D eigenvalue weighted by molar-refractivity contribution is 5.78. The first-order chi connectivity index (χ1) is 10.6. The smallest absolute Gasteiger partial charge is 0.260 e. The van der Waals surface area contributed by atoms with E-state index in [2.05, 4.69) is 19.9 Å². The van der Waals surface area contributed by atoms with Gasteiger partial charge in [-0.3, -0.25) is 4.79 Å². The molecule has 1 amide bonds. The van der Waals surface area contributed by atoms with Crippen LogP contribution in [-0.2, 0) is 9.53 Å². The summed E-state index contributed by atoms with van der Waals surface area (Å²) in [4.78, 5) is 14.1. The minimum absolute atomic E-state index is 0.0801. The molecule has 0 radical (unpaired) electrons. The molecule has 22 heavy (non-hydrogen) atoms. The van der Waals surface area contributed by atoms with Gasteiger partial charge >= 0.3 is 0 Å². The van der Waals surface area contributed by atoms with Crippen molar-refractivity contribution in [1.29, 1.82) is 0 Å². The highest BCUT2D eigenvalue weighted by atomic mass is 16.5. The maximum atomic E-state index is 12.2. The standard InChI is InChI=1S/C18H25NO3/c1-3-14(2)15-6-4-5-7-16(15)22-10-17(20)19-11-18(12-19)8-9-21-13-18/h4-7,14H,3,8-13H2,1-2H3. The van der Waals surface area contributed by atoms with Crippen molar-refractivity contribution in [2.75, 3.05) is 32.9 Å². The van der Waals surface area contributed by atoms with Crippen molar-refractivity contribution in [1.82, 2.24) is 4.90 Å². The Morgan fingerprint density at radius 1 is 1.41 bits per heavy atom. The molecule has 120 valence electrons. The predicted octanol–water partition coefficient (Wildman–Crippen LogP) is 2.83. The summed E-state index contributed by atoms with van der Waals surface area (Å²) < 4.78 is 11.3. The van der Waals surface area contributed by atoms with Crippen molar-refractivity contribution in [3.8, 4) is 5.75 Å². The van der Waals surface area contributed by atoms with Crippen molar-refractivity contribution in [2.45, 2.75) is 32.6 Å². The Morgan fingerprint density at radius 3 is 2.86 bits per heavy atom. The van der Waals surface area contributed by atoms with Gasteiger partial charge in [-0.15, -0.1) is 0 Å². The largest absolute Gasteiger partial charge is 0.483 e. The first kappa shape index (κ1) is 15.3. The van der Waals surface area contributed by atoms with Crippen LogP contribution in [-0.4, -0.2) is 43.7 Å². The van der Waals surface area contributed by atoms with E-state index in [-0.39, 0.29) is 17.9 Å². The summed E-state index contributed by atoms with van der Waals surface area (Å²) in [5.74, 6) is 1.36. The van der Waals surface area contributed by atoms with Crippen LogP contribution in [0.1, 0.15) is 38.2 Å². The van der Waals surface area contributed by atoms with E-state index in [1.54, 1.807) is 0 Å². The summed E-state index contributed by atoms with van der Waals surface area (Å²) in [6, 6.07) is 8.02. The molecule has 3 rings (SSSR count). The monoisotopic (exact) mass is 303 g/mol. The topological polar surface area (TPSA) is 38.8 Å². The van der Waals surface area contributed by atoms with Crippen molar-refractivity contribution in [3.63, 3.8) is 0 Å². The Balaban J connectivity index is 1.54. The average Bonchev–Trinajstić information content (AvgIpc) is 3.00. The van der Waals surface area contributed by atoms with Crippen molar-refractivity contribution in [3.05, 3.63) is 29.8 Å². The van der Waals surface area contributed by atoms with E-state index < -0.39 is 0 Å². The lowest BCUT2D eigenvalue weighted by Gasteiger charge is -2.47. The normalized spacial score (nSPS) is 20.7. The minimum atomic E-state index is 0.0801. The maximum absolute atomic E-state index is 12.2. The second kappa shape index (κ2) is 6.29. The van der Waals surface area contributed by atoms with Gasteiger partial charge in [0.15, 0.2) is 6.61 Å². The fourth-order valence-corrected chi connectivity index (χ4v) is 3.31. The molecule has 0 N–H and O–H groups in total. The average molecular weight is 303 g/mol. The van der Waals surface area contributed by atoms with Crippen molar-refractivity contribution < 1.29 is 14.3 Å². The lowest BCUT2D eigenvalue weighted by molar-refractivity contribution is -0.145. The number of benzene rings is 1. The number of amides is 1. The second-order valence-electron chi connectivity index (χ2n) is 6.69. The minimum Gasteiger partial charge on any atom is -0.483 e. The molecule has 4 heteroatoms. The SMILES string of the molecule is CCC(C)c1ccccc1OCC(=O)N1CC2(CCOC2)C1. The van der Waals surface area contributed by atoms with Crippen LogP contribution >= 0.6 is 0 Å². The summed E-state index contributed by atoms with van der Waals surface area (Å²) in [6.45, 7) is 7.75. The van der Waals surface area contributed by atoms with E-state index in [1.165, 1.54) is 5.56 Å². The van der Waals surface area contributed by atoms with Crippen molar-refractivity contribution in [2.24, 2.45) is 5.41 Å². The highest BCUT2D eigenvalue weighted by Crippen LogP contribution is 2.38. The number of carbonyl (C=O) groups is 1.